The van der Waals surface area contributed by atoms with Gasteiger partial charge in [-0.3, -0.25) is 14.5 Å². The Balaban J connectivity index is 1.74. The average molecular weight is 357 g/mol. The molecule has 0 aromatic heterocycles. The number of nitrogens with zero attached hydrogens (tertiary/aromatic N) is 2. The maximum absolute atomic E-state index is 13.4. The second kappa shape index (κ2) is 7.78. The molecule has 2 aliphatic rings. The molecule has 1 atom stereocenters. The minimum absolute atomic E-state index is 0.248. The van der Waals surface area contributed by atoms with Crippen LogP contribution >= 0.6 is 0 Å². The lowest BCUT2D eigenvalue weighted by Gasteiger charge is -2.37. The number of carbonyl (C=O) groups is 2. The van der Waals surface area contributed by atoms with Crippen molar-refractivity contribution in [1.29, 1.82) is 0 Å². The summed E-state index contributed by atoms with van der Waals surface area (Å²) in [7, 11) is 0. The second-order valence-corrected chi connectivity index (χ2v) is 8.42. The highest BCUT2D eigenvalue weighted by molar-refractivity contribution is 5.85. The summed E-state index contributed by atoms with van der Waals surface area (Å²) >= 11 is 0. The van der Waals surface area contributed by atoms with E-state index in [1.807, 2.05) is 6.07 Å². The molecule has 2 N–H and O–H groups in total. The van der Waals surface area contributed by atoms with Crippen molar-refractivity contribution >= 4 is 11.8 Å². The van der Waals surface area contributed by atoms with Crippen molar-refractivity contribution in [3.8, 4) is 0 Å². The zero-order valence-corrected chi connectivity index (χ0v) is 16.0. The zero-order chi connectivity index (χ0) is 18.7. The minimum atomic E-state index is -0.290. The molecule has 142 valence electrons. The van der Waals surface area contributed by atoms with E-state index in [4.69, 9.17) is 5.73 Å². The third kappa shape index (κ3) is 4.09. The Hall–Kier alpha value is -1.88. The van der Waals surface area contributed by atoms with Gasteiger partial charge in [0.05, 0.1) is 12.0 Å². The van der Waals surface area contributed by atoms with E-state index >= 15 is 0 Å². The van der Waals surface area contributed by atoms with Gasteiger partial charge in [0, 0.05) is 12.6 Å². The van der Waals surface area contributed by atoms with Crippen LogP contribution in [-0.2, 0) is 16.0 Å². The predicted octanol–water partition coefficient (Wildman–Crippen LogP) is 2.05. The summed E-state index contributed by atoms with van der Waals surface area (Å²) in [4.78, 5) is 28.8. The number of carbonyl (C=O) groups excluding carboxylic acids is 2. The Bertz CT molecular complexity index is 636. The van der Waals surface area contributed by atoms with Gasteiger partial charge in [-0.25, -0.2) is 0 Å². The van der Waals surface area contributed by atoms with Gasteiger partial charge >= 0.3 is 0 Å². The number of amides is 2. The van der Waals surface area contributed by atoms with Crippen LogP contribution in [0.2, 0.25) is 0 Å². The topological polar surface area (TPSA) is 66.6 Å². The van der Waals surface area contributed by atoms with Gasteiger partial charge in [0.25, 0.3) is 0 Å². The second-order valence-electron chi connectivity index (χ2n) is 8.42. The molecular weight excluding hydrogens is 326 g/mol. The molecule has 5 heteroatoms. The number of benzene rings is 1. The smallest absolute Gasteiger partial charge is 0.231 e. The van der Waals surface area contributed by atoms with Crippen LogP contribution in [-0.4, -0.2) is 53.8 Å². The molecule has 2 fully saturated rings. The van der Waals surface area contributed by atoms with E-state index in [2.05, 4.69) is 47.9 Å². The molecule has 0 bridgehead atoms. The van der Waals surface area contributed by atoms with E-state index in [1.54, 1.807) is 0 Å². The monoisotopic (exact) mass is 357 g/mol. The first-order valence-electron chi connectivity index (χ1n) is 9.75. The molecule has 0 saturated carbocycles. The average Bonchev–Trinajstić information content (AvgIpc) is 2.83. The molecule has 2 amide bonds. The molecule has 1 aromatic rings. The summed E-state index contributed by atoms with van der Waals surface area (Å²) in [5.41, 5.74) is 6.37. The quantitative estimate of drug-likeness (QED) is 0.847. The van der Waals surface area contributed by atoms with Crippen LogP contribution in [0.3, 0.4) is 0 Å². The minimum Gasteiger partial charge on any atom is -0.369 e. The van der Waals surface area contributed by atoms with E-state index in [0.717, 1.165) is 45.3 Å². The molecule has 1 unspecified atom stereocenters. The predicted molar refractivity (Wildman–Crippen MR) is 102 cm³/mol. The largest absolute Gasteiger partial charge is 0.369 e. The highest BCUT2D eigenvalue weighted by Crippen LogP contribution is 2.45. The number of hydrogen-bond acceptors (Lipinski definition) is 3. The first-order valence-corrected chi connectivity index (χ1v) is 9.75. The third-order valence-electron chi connectivity index (χ3n) is 5.85. The van der Waals surface area contributed by atoms with Crippen molar-refractivity contribution < 1.29 is 9.59 Å². The normalized spacial score (nSPS) is 23.1. The molecular formula is C21H31N3O2. The van der Waals surface area contributed by atoms with Crippen molar-refractivity contribution in [2.24, 2.45) is 17.1 Å². The molecule has 0 radical (unpaired) electrons. The van der Waals surface area contributed by atoms with Crippen molar-refractivity contribution in [3.05, 3.63) is 35.9 Å². The summed E-state index contributed by atoms with van der Waals surface area (Å²) < 4.78 is 0. The van der Waals surface area contributed by atoms with Gasteiger partial charge in [-0.05, 0) is 50.3 Å². The number of piperidine rings is 1. The summed E-state index contributed by atoms with van der Waals surface area (Å²) in [6.07, 6.45) is 3.52. The number of nitrogens with two attached hydrogens (primary N) is 1. The van der Waals surface area contributed by atoms with Gasteiger partial charge in [-0.1, -0.05) is 44.2 Å². The Morgan fingerprint density at radius 1 is 1.23 bits per heavy atom. The van der Waals surface area contributed by atoms with Gasteiger partial charge in [0.15, 0.2) is 0 Å². The fourth-order valence-corrected chi connectivity index (χ4v) is 4.59. The molecule has 26 heavy (non-hydrogen) atoms. The van der Waals surface area contributed by atoms with Gasteiger partial charge in [0.2, 0.25) is 11.8 Å². The SMILES string of the molecule is CC(C)CN1C(=O)C2(CCN(CC(N)=O)CC2)CC1Cc1ccccc1. The molecule has 5 nitrogen and oxygen atoms in total. The van der Waals surface area contributed by atoms with E-state index in [0.29, 0.717) is 18.4 Å². The lowest BCUT2D eigenvalue weighted by atomic mass is 9.75. The number of primary amides is 1. The first-order chi connectivity index (χ1) is 12.4. The molecule has 3 rings (SSSR count). The Morgan fingerprint density at radius 2 is 1.88 bits per heavy atom. The van der Waals surface area contributed by atoms with Gasteiger partial charge in [0.1, 0.15) is 0 Å². The first kappa shape index (κ1) is 18.9. The van der Waals surface area contributed by atoms with Crippen molar-refractivity contribution in [3.63, 3.8) is 0 Å². The summed E-state index contributed by atoms with van der Waals surface area (Å²) in [6, 6.07) is 10.7. The Labute approximate surface area is 156 Å². The van der Waals surface area contributed by atoms with E-state index in [9.17, 15) is 9.59 Å². The summed E-state index contributed by atoms with van der Waals surface area (Å²) in [5.74, 6) is 0.496. The Kier molecular flexibility index (Phi) is 5.66. The molecule has 1 spiro atoms. The Morgan fingerprint density at radius 3 is 2.46 bits per heavy atom. The molecule has 2 heterocycles. The molecule has 2 aliphatic heterocycles. The van der Waals surface area contributed by atoms with E-state index < -0.39 is 0 Å². The zero-order valence-electron chi connectivity index (χ0n) is 16.0. The lowest BCUT2D eigenvalue weighted by molar-refractivity contribution is -0.139. The number of hydrogen-bond donors (Lipinski definition) is 1. The molecule has 0 aliphatic carbocycles. The highest BCUT2D eigenvalue weighted by Gasteiger charge is 2.52. The fraction of sp³-hybridized carbons (Fsp3) is 0.619. The van der Waals surface area contributed by atoms with Crippen LogP contribution in [0.4, 0.5) is 0 Å². The lowest BCUT2D eigenvalue weighted by Crippen LogP contribution is -2.47. The highest BCUT2D eigenvalue weighted by atomic mass is 16.2. The molecule has 1 aromatic carbocycles. The third-order valence-corrected chi connectivity index (χ3v) is 5.85. The van der Waals surface area contributed by atoms with E-state index in [-0.39, 0.29) is 17.4 Å². The van der Waals surface area contributed by atoms with Crippen LogP contribution < -0.4 is 5.73 Å². The summed E-state index contributed by atoms with van der Waals surface area (Å²) in [6.45, 7) is 7.03. The van der Waals surface area contributed by atoms with Crippen molar-refractivity contribution in [1.82, 2.24) is 9.80 Å². The standard InChI is InChI=1S/C21H31N3O2/c1-16(2)14-24-18(12-17-6-4-3-5-7-17)13-21(20(24)26)8-10-23(11-9-21)15-19(22)25/h3-7,16,18H,8-15H2,1-2H3,(H2,22,25). The van der Waals surface area contributed by atoms with Crippen molar-refractivity contribution in [2.45, 2.75) is 45.6 Å². The van der Waals surface area contributed by atoms with Gasteiger partial charge in [-0.2, -0.15) is 0 Å². The number of rotatable bonds is 6. The van der Waals surface area contributed by atoms with Gasteiger partial charge < -0.3 is 10.6 Å². The molecule has 2 saturated heterocycles. The van der Waals surface area contributed by atoms with Gasteiger partial charge in [-0.15, -0.1) is 0 Å². The number of likely N-dealkylation sites (tertiary alicyclic amines) is 2. The fourth-order valence-electron chi connectivity index (χ4n) is 4.59. The maximum atomic E-state index is 13.4. The van der Waals surface area contributed by atoms with Crippen LogP contribution in [0, 0.1) is 11.3 Å². The maximum Gasteiger partial charge on any atom is 0.231 e. The van der Waals surface area contributed by atoms with Crippen LogP contribution in [0.5, 0.6) is 0 Å². The van der Waals surface area contributed by atoms with Crippen molar-refractivity contribution in [2.75, 3.05) is 26.2 Å². The summed E-state index contributed by atoms with van der Waals surface area (Å²) in [5, 5.41) is 0. The van der Waals surface area contributed by atoms with E-state index in [1.165, 1.54) is 5.56 Å². The van der Waals surface area contributed by atoms with Crippen LogP contribution in [0.1, 0.15) is 38.7 Å². The van der Waals surface area contributed by atoms with Crippen LogP contribution in [0.15, 0.2) is 30.3 Å². The van der Waals surface area contributed by atoms with Crippen LogP contribution in [0.25, 0.3) is 0 Å².